The zero-order chi connectivity index (χ0) is 24.2. The van der Waals surface area contributed by atoms with E-state index in [9.17, 15) is 0 Å². The van der Waals surface area contributed by atoms with Crippen molar-refractivity contribution < 1.29 is 28.3 Å². The Kier molecular flexibility index (Phi) is 11.9. The maximum Gasteiger partial charge on any atom is 2.00 e. The van der Waals surface area contributed by atoms with Crippen LogP contribution in [-0.2, 0) is 44.7 Å². The molecule has 6 nitrogen and oxygen atoms in total. The molecule has 2 aromatic carbocycles. The van der Waals surface area contributed by atoms with Gasteiger partial charge in [-0.1, -0.05) is 48.5 Å². The second-order valence-electron chi connectivity index (χ2n) is 6.97. The summed E-state index contributed by atoms with van der Waals surface area (Å²) in [4.78, 5) is 0. The maximum absolute atomic E-state index is 5.11. The number of hydrogen-bond donors (Lipinski definition) is 0. The van der Waals surface area contributed by atoms with Gasteiger partial charge in [-0.2, -0.15) is 20.4 Å². The van der Waals surface area contributed by atoms with Gasteiger partial charge in [0.15, 0.2) is 0 Å². The van der Waals surface area contributed by atoms with Crippen molar-refractivity contribution in [2.75, 3.05) is 0 Å². The summed E-state index contributed by atoms with van der Waals surface area (Å²) in [5, 5.41) is 16.4. The van der Waals surface area contributed by atoms with E-state index in [1.54, 1.807) is 49.2 Å². The number of benzene rings is 2. The number of hydrogen-bond acceptors (Lipinski definition) is 8. The molecule has 2 aromatic heterocycles. The minimum Gasteiger partial charge on any atom is -0.755 e. The first kappa shape index (κ1) is 28.0. The third kappa shape index (κ3) is 9.13. The van der Waals surface area contributed by atoms with Crippen molar-refractivity contribution >= 4 is 47.8 Å². The summed E-state index contributed by atoms with van der Waals surface area (Å²) in [6, 6.07) is 22.9. The number of furan rings is 2. The van der Waals surface area contributed by atoms with Gasteiger partial charge in [-0.3, -0.25) is 0 Å². The van der Waals surface area contributed by atoms with Gasteiger partial charge in [0.2, 0.25) is 0 Å². The first-order valence-corrected chi connectivity index (χ1v) is 11.1. The molecule has 0 aliphatic rings. The van der Waals surface area contributed by atoms with Gasteiger partial charge in [0.05, 0.1) is 25.0 Å². The molecule has 0 amide bonds. The van der Waals surface area contributed by atoms with Gasteiger partial charge in [-0.25, -0.2) is 0 Å². The minimum absolute atomic E-state index is 0. The van der Waals surface area contributed by atoms with Gasteiger partial charge in [-0.05, 0) is 70.5 Å². The molecule has 172 valence electrons. The number of aryl methyl sites for hydroxylation is 2. The van der Waals surface area contributed by atoms with Crippen molar-refractivity contribution in [1.29, 1.82) is 0 Å². The quantitative estimate of drug-likeness (QED) is 0.0993. The molecule has 0 aliphatic carbocycles. The van der Waals surface area contributed by atoms with Crippen LogP contribution >= 0.6 is 0 Å². The van der Waals surface area contributed by atoms with E-state index in [4.69, 9.17) is 34.1 Å². The minimum atomic E-state index is 0. The largest absolute Gasteiger partial charge is 2.00 e. The van der Waals surface area contributed by atoms with Gasteiger partial charge in [-0.15, -0.1) is 0 Å². The van der Waals surface area contributed by atoms with Crippen LogP contribution in [0.15, 0.2) is 115 Å². The van der Waals surface area contributed by atoms with E-state index in [1.807, 2.05) is 62.4 Å². The van der Waals surface area contributed by atoms with E-state index in [0.29, 0.717) is 21.6 Å². The molecule has 0 saturated heterocycles. The van der Waals surface area contributed by atoms with Crippen molar-refractivity contribution in [1.82, 2.24) is 0 Å². The Hall–Kier alpha value is -3.26. The molecule has 0 N–H and O–H groups in total. The fourth-order valence-electron chi connectivity index (χ4n) is 2.65. The number of nitrogens with zero attached hydrogens (tertiary/aromatic N) is 4. The van der Waals surface area contributed by atoms with Crippen LogP contribution in [0, 0.1) is 13.8 Å². The van der Waals surface area contributed by atoms with E-state index in [1.165, 1.54) is 0 Å². The van der Waals surface area contributed by atoms with Crippen molar-refractivity contribution in [2.24, 2.45) is 20.4 Å². The SMILES string of the molecule is Cc1ccccc1/C=N/N=C(\[S-])c1ccco1.Cc1ccccc1/C=N/N=C(\[S-])c1ccco1.[Zn+2]. The van der Waals surface area contributed by atoms with Crippen LogP contribution in [0.3, 0.4) is 0 Å². The second-order valence-corrected chi connectivity index (χ2v) is 7.74. The monoisotopic (exact) mass is 550 g/mol. The zero-order valence-electron chi connectivity index (χ0n) is 19.4. The molecule has 35 heavy (non-hydrogen) atoms. The summed E-state index contributed by atoms with van der Waals surface area (Å²) in [5.41, 5.74) is 4.35. The topological polar surface area (TPSA) is 75.7 Å². The van der Waals surface area contributed by atoms with Crippen LogP contribution in [0.1, 0.15) is 33.8 Å². The predicted octanol–water partition coefficient (Wildman–Crippen LogP) is 5.83. The van der Waals surface area contributed by atoms with Crippen LogP contribution in [0.25, 0.3) is 0 Å². The molecule has 0 atom stereocenters. The van der Waals surface area contributed by atoms with Gasteiger partial charge in [0.25, 0.3) is 0 Å². The second kappa shape index (κ2) is 14.9. The van der Waals surface area contributed by atoms with Gasteiger partial charge < -0.3 is 34.1 Å². The summed E-state index contributed by atoms with van der Waals surface area (Å²) >= 11 is 10.1. The Morgan fingerprint density at radius 1 is 0.629 bits per heavy atom. The van der Waals surface area contributed by atoms with Gasteiger partial charge in [0.1, 0.15) is 11.5 Å². The van der Waals surface area contributed by atoms with Crippen LogP contribution in [0.4, 0.5) is 0 Å². The molecule has 0 spiro atoms. The molecule has 0 radical (unpaired) electrons. The van der Waals surface area contributed by atoms with Gasteiger partial charge in [0, 0.05) is 0 Å². The summed E-state index contributed by atoms with van der Waals surface area (Å²) in [6.45, 7) is 4.04. The predicted molar refractivity (Wildman–Crippen MR) is 143 cm³/mol. The van der Waals surface area contributed by atoms with Crippen LogP contribution < -0.4 is 0 Å². The summed E-state index contributed by atoms with van der Waals surface area (Å²) < 4.78 is 10.2. The molecule has 4 rings (SSSR count). The number of rotatable bonds is 6. The summed E-state index contributed by atoms with van der Waals surface area (Å²) in [6.07, 6.45) is 6.49. The van der Waals surface area contributed by atoms with Crippen molar-refractivity contribution in [3.05, 3.63) is 119 Å². The van der Waals surface area contributed by atoms with Gasteiger partial charge >= 0.3 is 19.5 Å². The Balaban J connectivity index is 0.000000240. The van der Waals surface area contributed by atoms with E-state index in [2.05, 4.69) is 20.4 Å². The molecule has 0 aliphatic heterocycles. The molecule has 0 bridgehead atoms. The van der Waals surface area contributed by atoms with E-state index in [-0.39, 0.29) is 19.5 Å². The molecule has 4 aromatic rings. The van der Waals surface area contributed by atoms with E-state index >= 15 is 0 Å². The Morgan fingerprint density at radius 3 is 1.37 bits per heavy atom. The standard InChI is InChI=1S/2C13H12N2OS.Zn/c2*1-10-5-2-3-6-11(10)9-14-15-13(17)12-7-4-8-16-12;/h2*2-9H,1H3,(H,15,17);/q;;+2/p-2/b2*14-9+;. The van der Waals surface area contributed by atoms with Crippen LogP contribution in [0.2, 0.25) is 0 Å². The van der Waals surface area contributed by atoms with E-state index in [0.717, 1.165) is 22.3 Å². The Labute approximate surface area is 228 Å². The Morgan fingerprint density at radius 2 is 1.03 bits per heavy atom. The van der Waals surface area contributed by atoms with Crippen molar-refractivity contribution in [3.63, 3.8) is 0 Å². The molecule has 9 heteroatoms. The third-order valence-electron chi connectivity index (χ3n) is 4.53. The zero-order valence-corrected chi connectivity index (χ0v) is 24.0. The van der Waals surface area contributed by atoms with E-state index < -0.39 is 0 Å². The molecular formula is C26H22N4O2S2Zn. The average Bonchev–Trinajstić information content (AvgIpc) is 3.57. The molecule has 0 unspecified atom stereocenters. The van der Waals surface area contributed by atoms with Crippen molar-refractivity contribution in [2.45, 2.75) is 13.8 Å². The smallest absolute Gasteiger partial charge is 0.755 e. The first-order valence-electron chi connectivity index (χ1n) is 10.3. The first-order chi connectivity index (χ1) is 16.5. The average molecular weight is 552 g/mol. The maximum atomic E-state index is 5.11. The fourth-order valence-corrected chi connectivity index (χ4v) is 2.98. The Bertz CT molecular complexity index is 1200. The van der Waals surface area contributed by atoms with Crippen LogP contribution in [0.5, 0.6) is 0 Å². The normalized spacial score (nSPS) is 11.8. The fraction of sp³-hybridized carbons (Fsp3) is 0.0769. The molecule has 0 fully saturated rings. The summed E-state index contributed by atoms with van der Waals surface area (Å²) in [5.74, 6) is 1.11. The van der Waals surface area contributed by atoms with Crippen LogP contribution in [-0.4, -0.2) is 22.5 Å². The van der Waals surface area contributed by atoms with Crippen molar-refractivity contribution in [3.8, 4) is 0 Å². The molecule has 2 heterocycles. The molecular weight excluding hydrogens is 530 g/mol. The summed E-state index contributed by atoms with van der Waals surface area (Å²) in [7, 11) is 0. The molecule has 0 saturated carbocycles. The third-order valence-corrected chi connectivity index (χ3v) is 5.10.